The fraction of sp³-hybridized carbons (Fsp3) is 0.250. The van der Waals surface area contributed by atoms with Gasteiger partial charge in [0, 0.05) is 26.3 Å². The Morgan fingerprint density at radius 1 is 1.29 bits per heavy atom. The number of hydrogen-bond donors (Lipinski definition) is 1. The third-order valence-electron chi connectivity index (χ3n) is 3.68. The van der Waals surface area contributed by atoms with E-state index in [1.807, 2.05) is 37.4 Å². The Morgan fingerprint density at radius 2 is 2.10 bits per heavy atom. The number of carbonyl (C=O) groups is 1. The van der Waals surface area contributed by atoms with Crippen molar-refractivity contribution in [2.24, 2.45) is 5.73 Å². The van der Waals surface area contributed by atoms with Crippen molar-refractivity contribution in [2.45, 2.75) is 19.6 Å². The van der Waals surface area contributed by atoms with E-state index in [2.05, 4.69) is 11.1 Å². The second kappa shape index (κ2) is 5.54. The number of nitrogens with two attached hydrogens (primary N) is 1. The van der Waals surface area contributed by atoms with Crippen LogP contribution in [0.5, 0.6) is 0 Å². The number of nitrogens with zero attached hydrogens (tertiary/aromatic N) is 3. The lowest BCUT2D eigenvalue weighted by molar-refractivity contribution is 0.210. The van der Waals surface area contributed by atoms with Crippen LogP contribution in [0.4, 0.5) is 10.5 Å². The Balaban J connectivity index is 1.94. The number of benzene rings is 1. The molecule has 0 unspecified atom stereocenters. The average molecular weight is 282 g/mol. The van der Waals surface area contributed by atoms with Crippen molar-refractivity contribution in [3.05, 3.63) is 59.4 Å². The van der Waals surface area contributed by atoms with E-state index >= 15 is 0 Å². The van der Waals surface area contributed by atoms with Crippen molar-refractivity contribution in [3.63, 3.8) is 0 Å². The molecular weight excluding hydrogens is 264 g/mol. The molecule has 1 aromatic carbocycles. The van der Waals surface area contributed by atoms with Gasteiger partial charge >= 0.3 is 6.03 Å². The number of urea groups is 1. The van der Waals surface area contributed by atoms with Crippen LogP contribution in [0.3, 0.4) is 0 Å². The van der Waals surface area contributed by atoms with Crippen molar-refractivity contribution in [3.8, 4) is 0 Å². The molecule has 1 aromatic heterocycles. The topological polar surface area (TPSA) is 62.5 Å². The van der Waals surface area contributed by atoms with Crippen molar-refractivity contribution < 1.29 is 4.79 Å². The first kappa shape index (κ1) is 13.6. The summed E-state index contributed by atoms with van der Waals surface area (Å²) in [6.07, 6.45) is 1.74. The van der Waals surface area contributed by atoms with E-state index in [-0.39, 0.29) is 6.03 Å². The summed E-state index contributed by atoms with van der Waals surface area (Å²) in [5, 5.41) is 0. The summed E-state index contributed by atoms with van der Waals surface area (Å²) in [4.78, 5) is 20.2. The Hall–Kier alpha value is -2.40. The van der Waals surface area contributed by atoms with Crippen LogP contribution in [0.15, 0.2) is 42.6 Å². The van der Waals surface area contributed by atoms with Gasteiger partial charge in [0.05, 0.1) is 17.9 Å². The number of carbonyl (C=O) groups excluding carboxylic acids is 1. The zero-order valence-electron chi connectivity index (χ0n) is 12.0. The highest BCUT2D eigenvalue weighted by Crippen LogP contribution is 2.29. The molecule has 1 aliphatic heterocycles. The van der Waals surface area contributed by atoms with E-state index in [1.54, 1.807) is 16.0 Å². The van der Waals surface area contributed by atoms with E-state index in [0.717, 1.165) is 22.5 Å². The zero-order valence-corrected chi connectivity index (χ0v) is 12.0. The maximum absolute atomic E-state index is 12.5. The van der Waals surface area contributed by atoms with Crippen LogP contribution in [-0.4, -0.2) is 23.0 Å². The monoisotopic (exact) mass is 282 g/mol. The summed E-state index contributed by atoms with van der Waals surface area (Å²) >= 11 is 0. The molecule has 2 N–H and O–H groups in total. The van der Waals surface area contributed by atoms with Crippen LogP contribution >= 0.6 is 0 Å². The van der Waals surface area contributed by atoms with Crippen LogP contribution in [0, 0.1) is 0 Å². The Bertz CT molecular complexity index is 671. The van der Waals surface area contributed by atoms with E-state index in [0.29, 0.717) is 19.6 Å². The first-order chi connectivity index (χ1) is 10.2. The summed E-state index contributed by atoms with van der Waals surface area (Å²) in [5.74, 6) is 0. The molecule has 0 spiro atoms. The van der Waals surface area contributed by atoms with Crippen LogP contribution in [0.1, 0.15) is 16.8 Å². The van der Waals surface area contributed by atoms with Gasteiger partial charge in [-0.3, -0.25) is 9.88 Å². The Labute approximate surface area is 124 Å². The third-order valence-corrected chi connectivity index (χ3v) is 3.68. The molecule has 0 radical (unpaired) electrons. The molecule has 2 aromatic rings. The van der Waals surface area contributed by atoms with Crippen LogP contribution in [0.2, 0.25) is 0 Å². The van der Waals surface area contributed by atoms with E-state index in [9.17, 15) is 4.79 Å². The SMILES string of the molecule is CN1Cc2ccccc2N(Cc2ccnc(CN)c2)C1=O. The van der Waals surface area contributed by atoms with Gasteiger partial charge in [-0.1, -0.05) is 18.2 Å². The average Bonchev–Trinajstić information content (AvgIpc) is 2.52. The van der Waals surface area contributed by atoms with Gasteiger partial charge in [-0.2, -0.15) is 0 Å². The van der Waals surface area contributed by atoms with Crippen LogP contribution < -0.4 is 10.6 Å². The molecule has 2 amide bonds. The van der Waals surface area contributed by atoms with Gasteiger partial charge in [-0.15, -0.1) is 0 Å². The molecule has 1 aliphatic rings. The minimum Gasteiger partial charge on any atom is -0.325 e. The molecule has 0 saturated carbocycles. The van der Waals surface area contributed by atoms with E-state index in [4.69, 9.17) is 5.73 Å². The predicted molar refractivity (Wildman–Crippen MR) is 81.6 cm³/mol. The van der Waals surface area contributed by atoms with Gasteiger partial charge in [0.25, 0.3) is 0 Å². The molecule has 0 aliphatic carbocycles. The summed E-state index contributed by atoms with van der Waals surface area (Å²) in [6.45, 7) is 1.57. The maximum Gasteiger partial charge on any atom is 0.324 e. The smallest absolute Gasteiger partial charge is 0.324 e. The number of amides is 2. The third kappa shape index (κ3) is 2.60. The van der Waals surface area contributed by atoms with Gasteiger partial charge in [-0.25, -0.2) is 4.79 Å². The fourth-order valence-electron chi connectivity index (χ4n) is 2.61. The van der Waals surface area contributed by atoms with E-state index < -0.39 is 0 Å². The summed E-state index contributed by atoms with van der Waals surface area (Å²) < 4.78 is 0. The van der Waals surface area contributed by atoms with Crippen molar-refractivity contribution >= 4 is 11.7 Å². The first-order valence-corrected chi connectivity index (χ1v) is 6.93. The molecule has 21 heavy (non-hydrogen) atoms. The van der Waals surface area contributed by atoms with Crippen molar-refractivity contribution in [2.75, 3.05) is 11.9 Å². The lowest BCUT2D eigenvalue weighted by Gasteiger charge is -2.35. The highest BCUT2D eigenvalue weighted by atomic mass is 16.2. The van der Waals surface area contributed by atoms with Crippen LogP contribution in [-0.2, 0) is 19.6 Å². The van der Waals surface area contributed by atoms with Gasteiger partial charge in [0.15, 0.2) is 0 Å². The molecular formula is C16H18N4O. The Kier molecular flexibility index (Phi) is 3.58. The second-order valence-corrected chi connectivity index (χ2v) is 5.21. The largest absolute Gasteiger partial charge is 0.325 e. The lowest BCUT2D eigenvalue weighted by Crippen LogP contribution is -2.44. The molecule has 5 nitrogen and oxygen atoms in total. The van der Waals surface area contributed by atoms with Gasteiger partial charge < -0.3 is 10.6 Å². The minimum absolute atomic E-state index is 0.0137. The highest BCUT2D eigenvalue weighted by molar-refractivity contribution is 5.94. The summed E-state index contributed by atoms with van der Waals surface area (Å²) in [7, 11) is 1.82. The Morgan fingerprint density at radius 3 is 2.90 bits per heavy atom. The standard InChI is InChI=1S/C16H18N4O/c1-19-11-13-4-2-3-5-15(13)20(16(19)21)10-12-6-7-18-14(8-12)9-17/h2-8H,9-11,17H2,1H3. The summed E-state index contributed by atoms with van der Waals surface area (Å²) in [5.41, 5.74) is 9.63. The molecule has 5 heteroatoms. The molecule has 3 rings (SSSR count). The van der Waals surface area contributed by atoms with Crippen molar-refractivity contribution in [1.29, 1.82) is 0 Å². The molecule has 0 saturated heterocycles. The normalized spacial score (nSPS) is 14.3. The minimum atomic E-state index is 0.0137. The maximum atomic E-state index is 12.5. The first-order valence-electron chi connectivity index (χ1n) is 6.93. The van der Waals surface area contributed by atoms with Gasteiger partial charge in [0.2, 0.25) is 0 Å². The number of rotatable bonds is 3. The number of fused-ring (bicyclic) bond motifs is 1. The molecule has 0 atom stereocenters. The molecule has 0 fully saturated rings. The number of pyridine rings is 1. The second-order valence-electron chi connectivity index (χ2n) is 5.21. The zero-order chi connectivity index (χ0) is 14.8. The van der Waals surface area contributed by atoms with Crippen molar-refractivity contribution in [1.82, 2.24) is 9.88 Å². The number of aromatic nitrogens is 1. The predicted octanol–water partition coefficient (Wildman–Crippen LogP) is 2.11. The van der Waals surface area contributed by atoms with Crippen LogP contribution in [0.25, 0.3) is 0 Å². The lowest BCUT2D eigenvalue weighted by atomic mass is 10.1. The molecule has 0 bridgehead atoms. The quantitative estimate of drug-likeness (QED) is 0.938. The molecule has 2 heterocycles. The van der Waals surface area contributed by atoms with Gasteiger partial charge in [0.1, 0.15) is 0 Å². The fourth-order valence-corrected chi connectivity index (χ4v) is 2.61. The van der Waals surface area contributed by atoms with E-state index in [1.165, 1.54) is 0 Å². The summed E-state index contributed by atoms with van der Waals surface area (Å²) in [6, 6.07) is 11.9. The van der Waals surface area contributed by atoms with Gasteiger partial charge in [-0.05, 0) is 29.3 Å². The number of para-hydroxylation sites is 1. The highest BCUT2D eigenvalue weighted by Gasteiger charge is 2.27. The number of anilines is 1. The molecule has 108 valence electrons. The number of hydrogen-bond acceptors (Lipinski definition) is 3.